The van der Waals surface area contributed by atoms with Gasteiger partial charge in [-0.2, -0.15) is 0 Å². The molecule has 2 aromatic heterocycles. The van der Waals surface area contributed by atoms with Gasteiger partial charge in [-0.25, -0.2) is 19.9 Å². The molecule has 0 saturated heterocycles. The zero-order chi connectivity index (χ0) is 18.5. The molecule has 132 valence electrons. The summed E-state index contributed by atoms with van der Waals surface area (Å²) < 4.78 is 11.2. The first-order chi connectivity index (χ1) is 12.6. The van der Waals surface area contributed by atoms with Crippen LogP contribution < -0.4 is 15.2 Å². The van der Waals surface area contributed by atoms with Crippen LogP contribution in [0.25, 0.3) is 11.6 Å². The Balaban J connectivity index is 2.06. The molecular formula is C17H14ClN5O3. The van der Waals surface area contributed by atoms with Gasteiger partial charge in [0.2, 0.25) is 0 Å². The first-order valence-electron chi connectivity index (χ1n) is 7.64. The zero-order valence-electron chi connectivity index (χ0n) is 13.7. The molecule has 0 atom stereocenters. The van der Waals surface area contributed by atoms with E-state index in [0.717, 1.165) is 0 Å². The fraction of sp³-hybridized carbons (Fsp3) is 0.118. The number of benzene rings is 1. The summed E-state index contributed by atoms with van der Waals surface area (Å²) in [7, 11) is 0. The van der Waals surface area contributed by atoms with E-state index in [4.69, 9.17) is 26.8 Å². The lowest BCUT2D eigenvalue weighted by molar-refractivity contribution is 0.0993. The van der Waals surface area contributed by atoms with E-state index in [-0.39, 0.29) is 28.2 Å². The minimum Gasteiger partial charge on any atom is -0.490 e. The molecule has 2 N–H and O–H groups in total. The Morgan fingerprint density at radius 2 is 1.77 bits per heavy atom. The van der Waals surface area contributed by atoms with Crippen molar-refractivity contribution in [2.24, 2.45) is 5.73 Å². The molecule has 8 nitrogen and oxygen atoms in total. The van der Waals surface area contributed by atoms with Gasteiger partial charge >= 0.3 is 0 Å². The standard InChI is InChI=1S/C17H14ClN5O3/c1-2-25-10-6-3-4-7-11(10)26-13-12(15(19)24)22-17(23-14(13)18)16-20-8-5-9-21-16/h3-9H,2H2,1H3,(H2,19,24). The van der Waals surface area contributed by atoms with Crippen molar-refractivity contribution in [3.05, 3.63) is 53.6 Å². The Morgan fingerprint density at radius 1 is 1.08 bits per heavy atom. The number of primary amides is 1. The third kappa shape index (κ3) is 3.70. The average Bonchev–Trinajstić information content (AvgIpc) is 2.65. The minimum atomic E-state index is -0.824. The number of carbonyl (C=O) groups excluding carboxylic acids is 1. The summed E-state index contributed by atoms with van der Waals surface area (Å²) in [5.74, 6) is 0.220. The Bertz CT molecular complexity index is 937. The second-order valence-electron chi connectivity index (χ2n) is 4.93. The maximum atomic E-state index is 11.9. The van der Waals surface area contributed by atoms with Crippen LogP contribution in [0.15, 0.2) is 42.7 Å². The van der Waals surface area contributed by atoms with Gasteiger partial charge in [-0.15, -0.1) is 0 Å². The second kappa shape index (κ2) is 7.75. The lowest BCUT2D eigenvalue weighted by atomic mass is 10.3. The Hall–Kier alpha value is -3.26. The highest BCUT2D eigenvalue weighted by molar-refractivity contribution is 6.31. The number of nitrogens with zero attached hydrogens (tertiary/aromatic N) is 4. The van der Waals surface area contributed by atoms with Crippen LogP contribution in [0.2, 0.25) is 5.15 Å². The van der Waals surface area contributed by atoms with Crippen LogP contribution in [0.4, 0.5) is 0 Å². The summed E-state index contributed by atoms with van der Waals surface area (Å²) in [6, 6.07) is 8.58. The van der Waals surface area contributed by atoms with Gasteiger partial charge in [-0.3, -0.25) is 4.79 Å². The molecule has 9 heteroatoms. The van der Waals surface area contributed by atoms with E-state index in [0.29, 0.717) is 18.1 Å². The van der Waals surface area contributed by atoms with Crippen molar-refractivity contribution in [3.8, 4) is 28.9 Å². The van der Waals surface area contributed by atoms with Crippen molar-refractivity contribution < 1.29 is 14.3 Å². The van der Waals surface area contributed by atoms with Gasteiger partial charge in [0.05, 0.1) is 6.61 Å². The molecule has 0 radical (unpaired) electrons. The second-order valence-corrected chi connectivity index (χ2v) is 5.29. The molecule has 0 aliphatic carbocycles. The van der Waals surface area contributed by atoms with E-state index in [1.54, 1.807) is 30.3 Å². The number of halogens is 1. The number of para-hydroxylation sites is 2. The zero-order valence-corrected chi connectivity index (χ0v) is 14.5. The normalized spacial score (nSPS) is 10.4. The summed E-state index contributed by atoms with van der Waals surface area (Å²) in [6.07, 6.45) is 3.04. The van der Waals surface area contributed by atoms with Crippen LogP contribution in [0.3, 0.4) is 0 Å². The number of rotatable bonds is 6. The van der Waals surface area contributed by atoms with Crippen LogP contribution in [0, 0.1) is 0 Å². The molecular weight excluding hydrogens is 358 g/mol. The Kier molecular flexibility index (Phi) is 5.23. The van der Waals surface area contributed by atoms with E-state index < -0.39 is 5.91 Å². The van der Waals surface area contributed by atoms with E-state index >= 15 is 0 Å². The van der Waals surface area contributed by atoms with Crippen molar-refractivity contribution in [1.82, 2.24) is 19.9 Å². The van der Waals surface area contributed by atoms with Crippen LogP contribution in [0.5, 0.6) is 17.2 Å². The Morgan fingerprint density at radius 3 is 2.42 bits per heavy atom. The quantitative estimate of drug-likeness (QED) is 0.662. The molecule has 0 fully saturated rings. The smallest absolute Gasteiger partial charge is 0.271 e. The molecule has 0 saturated carbocycles. The molecule has 0 aliphatic rings. The monoisotopic (exact) mass is 371 g/mol. The van der Waals surface area contributed by atoms with Gasteiger partial charge in [-0.1, -0.05) is 23.7 Å². The molecule has 1 amide bonds. The maximum absolute atomic E-state index is 11.9. The van der Waals surface area contributed by atoms with E-state index in [1.807, 2.05) is 6.92 Å². The summed E-state index contributed by atoms with van der Waals surface area (Å²) >= 11 is 6.23. The third-order valence-corrected chi connectivity index (χ3v) is 3.44. The topological polar surface area (TPSA) is 113 Å². The molecule has 1 aromatic carbocycles. The molecule has 0 bridgehead atoms. The molecule has 0 spiro atoms. The molecule has 0 aliphatic heterocycles. The maximum Gasteiger partial charge on any atom is 0.271 e. The van der Waals surface area contributed by atoms with Gasteiger partial charge in [0.1, 0.15) is 0 Å². The Labute approximate surface area is 154 Å². The lowest BCUT2D eigenvalue weighted by Crippen LogP contribution is -2.16. The van der Waals surface area contributed by atoms with Crippen LogP contribution in [0.1, 0.15) is 17.4 Å². The number of hydrogen-bond acceptors (Lipinski definition) is 7. The molecule has 3 rings (SSSR count). The fourth-order valence-electron chi connectivity index (χ4n) is 2.11. The van der Waals surface area contributed by atoms with Crippen molar-refractivity contribution >= 4 is 17.5 Å². The van der Waals surface area contributed by atoms with E-state index in [2.05, 4.69) is 19.9 Å². The molecule has 3 aromatic rings. The number of ether oxygens (including phenoxy) is 2. The molecule has 0 unspecified atom stereocenters. The highest BCUT2D eigenvalue weighted by Crippen LogP contribution is 2.36. The van der Waals surface area contributed by atoms with Crippen molar-refractivity contribution in [2.75, 3.05) is 6.61 Å². The predicted molar refractivity (Wildman–Crippen MR) is 94.3 cm³/mol. The number of nitrogens with two attached hydrogens (primary N) is 1. The average molecular weight is 372 g/mol. The van der Waals surface area contributed by atoms with Crippen LogP contribution in [-0.4, -0.2) is 32.4 Å². The highest BCUT2D eigenvalue weighted by atomic mass is 35.5. The van der Waals surface area contributed by atoms with Crippen LogP contribution >= 0.6 is 11.6 Å². The number of hydrogen-bond donors (Lipinski definition) is 1. The molecule has 26 heavy (non-hydrogen) atoms. The van der Waals surface area contributed by atoms with Gasteiger partial charge in [-0.05, 0) is 25.1 Å². The van der Waals surface area contributed by atoms with Crippen molar-refractivity contribution in [1.29, 1.82) is 0 Å². The van der Waals surface area contributed by atoms with Gasteiger partial charge in [0.15, 0.2) is 39.7 Å². The van der Waals surface area contributed by atoms with Gasteiger partial charge < -0.3 is 15.2 Å². The minimum absolute atomic E-state index is 0.0639. The third-order valence-electron chi connectivity index (χ3n) is 3.18. The number of carbonyl (C=O) groups is 1. The van der Waals surface area contributed by atoms with Gasteiger partial charge in [0, 0.05) is 12.4 Å². The summed E-state index contributed by atoms with van der Waals surface area (Å²) in [5.41, 5.74) is 5.26. The van der Waals surface area contributed by atoms with E-state index in [9.17, 15) is 4.79 Å². The SMILES string of the molecule is CCOc1ccccc1Oc1c(Cl)nc(-c2ncccn2)nc1C(N)=O. The summed E-state index contributed by atoms with van der Waals surface area (Å²) in [4.78, 5) is 28.2. The van der Waals surface area contributed by atoms with Crippen LogP contribution in [-0.2, 0) is 0 Å². The fourth-order valence-corrected chi connectivity index (χ4v) is 2.32. The predicted octanol–water partition coefficient (Wildman–Crippen LogP) is 2.88. The first-order valence-corrected chi connectivity index (χ1v) is 8.02. The lowest BCUT2D eigenvalue weighted by Gasteiger charge is -2.14. The number of amides is 1. The number of aromatic nitrogens is 4. The largest absolute Gasteiger partial charge is 0.490 e. The van der Waals surface area contributed by atoms with Gasteiger partial charge in [0.25, 0.3) is 5.91 Å². The highest BCUT2D eigenvalue weighted by Gasteiger charge is 2.22. The van der Waals surface area contributed by atoms with Crippen molar-refractivity contribution in [2.45, 2.75) is 6.92 Å². The summed E-state index contributed by atoms with van der Waals surface area (Å²) in [5, 5.41) is -0.0949. The molecule has 2 heterocycles. The van der Waals surface area contributed by atoms with E-state index in [1.165, 1.54) is 12.4 Å². The summed E-state index contributed by atoms with van der Waals surface area (Å²) in [6.45, 7) is 2.29. The van der Waals surface area contributed by atoms with Crippen molar-refractivity contribution in [3.63, 3.8) is 0 Å². The first kappa shape index (κ1) is 17.6.